The lowest BCUT2D eigenvalue weighted by molar-refractivity contribution is -0.148. The fourth-order valence-corrected chi connectivity index (χ4v) is 3.15. The lowest BCUT2D eigenvalue weighted by Crippen LogP contribution is -2.45. The maximum atomic E-state index is 12.5. The summed E-state index contributed by atoms with van der Waals surface area (Å²) in [5, 5.41) is 3.54. The smallest absolute Gasteiger partial charge is 0.323 e. The Balaban J connectivity index is 1.84. The molecule has 4 heteroatoms. The molecule has 0 unspecified atom stereocenters. The number of carbonyl (C=O) groups is 1. The number of ether oxygens (including phenoxy) is 1. The maximum absolute atomic E-state index is 12.5. The molecule has 1 fully saturated rings. The SMILES string of the molecule is NCCCC[C@@H](NC1CCCCC1)C(=O)OCc1ccccc1. The van der Waals surface area contributed by atoms with Crippen LogP contribution in [-0.4, -0.2) is 24.6 Å². The third-order valence-electron chi connectivity index (χ3n) is 4.50. The topological polar surface area (TPSA) is 64.3 Å². The fourth-order valence-electron chi connectivity index (χ4n) is 3.15. The number of carbonyl (C=O) groups excluding carboxylic acids is 1. The van der Waals surface area contributed by atoms with Crippen LogP contribution in [0, 0.1) is 0 Å². The van der Waals surface area contributed by atoms with Gasteiger partial charge in [0.1, 0.15) is 12.6 Å². The average Bonchev–Trinajstić information content (AvgIpc) is 2.61. The quantitative estimate of drug-likeness (QED) is 0.542. The van der Waals surface area contributed by atoms with E-state index in [0.717, 1.165) is 24.8 Å². The molecule has 0 saturated heterocycles. The van der Waals surface area contributed by atoms with E-state index in [1.54, 1.807) is 0 Å². The van der Waals surface area contributed by atoms with Crippen molar-refractivity contribution in [3.63, 3.8) is 0 Å². The summed E-state index contributed by atoms with van der Waals surface area (Å²) in [6, 6.07) is 10.1. The van der Waals surface area contributed by atoms with E-state index in [9.17, 15) is 4.79 Å². The first-order valence-corrected chi connectivity index (χ1v) is 8.96. The summed E-state index contributed by atoms with van der Waals surface area (Å²) in [6.45, 7) is 1.02. The molecule has 0 radical (unpaired) electrons. The summed E-state index contributed by atoms with van der Waals surface area (Å²) in [5.74, 6) is -0.128. The zero-order chi connectivity index (χ0) is 16.3. The Morgan fingerprint density at radius 2 is 1.91 bits per heavy atom. The molecule has 0 aliphatic heterocycles. The van der Waals surface area contributed by atoms with Crippen molar-refractivity contribution in [1.82, 2.24) is 5.32 Å². The molecule has 1 aliphatic carbocycles. The Kier molecular flexibility index (Phi) is 8.12. The first-order valence-electron chi connectivity index (χ1n) is 8.96. The van der Waals surface area contributed by atoms with E-state index in [1.165, 1.54) is 32.1 Å². The molecule has 0 bridgehead atoms. The van der Waals surface area contributed by atoms with E-state index in [4.69, 9.17) is 10.5 Å². The highest BCUT2D eigenvalue weighted by Gasteiger charge is 2.24. The van der Waals surface area contributed by atoms with Gasteiger partial charge < -0.3 is 15.8 Å². The molecule has 1 saturated carbocycles. The number of nitrogens with two attached hydrogens (primary N) is 1. The molecule has 0 heterocycles. The zero-order valence-corrected chi connectivity index (χ0v) is 14.0. The van der Waals surface area contributed by atoms with Gasteiger partial charge in [-0.05, 0) is 37.8 Å². The number of benzene rings is 1. The molecule has 128 valence electrons. The molecular formula is C19H30N2O2. The van der Waals surface area contributed by atoms with E-state index in [2.05, 4.69) is 5.32 Å². The summed E-state index contributed by atoms with van der Waals surface area (Å²) in [5.41, 5.74) is 6.60. The standard InChI is InChI=1S/C19H30N2O2/c20-14-8-7-13-18(21-17-11-5-2-6-12-17)19(22)23-15-16-9-3-1-4-10-16/h1,3-4,9-10,17-18,21H,2,5-8,11-15,20H2/t18-/m1/s1. The Labute approximate surface area is 139 Å². The van der Waals surface area contributed by atoms with Crippen LogP contribution in [0.5, 0.6) is 0 Å². The third kappa shape index (κ3) is 6.71. The van der Waals surface area contributed by atoms with Crippen LogP contribution in [0.25, 0.3) is 0 Å². The van der Waals surface area contributed by atoms with Crippen LogP contribution in [0.2, 0.25) is 0 Å². The molecule has 1 aliphatic rings. The van der Waals surface area contributed by atoms with Crippen LogP contribution >= 0.6 is 0 Å². The summed E-state index contributed by atoms with van der Waals surface area (Å²) >= 11 is 0. The van der Waals surface area contributed by atoms with Crippen LogP contribution < -0.4 is 11.1 Å². The van der Waals surface area contributed by atoms with Gasteiger partial charge in [-0.3, -0.25) is 4.79 Å². The first kappa shape index (κ1) is 18.0. The Bertz CT molecular complexity index is 444. The number of unbranched alkanes of at least 4 members (excludes halogenated alkanes) is 1. The van der Waals surface area contributed by atoms with Gasteiger partial charge in [0.15, 0.2) is 0 Å². The molecule has 4 nitrogen and oxygen atoms in total. The monoisotopic (exact) mass is 318 g/mol. The first-order chi connectivity index (χ1) is 11.3. The van der Waals surface area contributed by atoms with Crippen molar-refractivity contribution in [2.45, 2.75) is 70.1 Å². The minimum atomic E-state index is -0.201. The number of esters is 1. The van der Waals surface area contributed by atoms with Crippen molar-refractivity contribution >= 4 is 5.97 Å². The number of nitrogens with one attached hydrogen (secondary N) is 1. The largest absolute Gasteiger partial charge is 0.460 e. The van der Waals surface area contributed by atoms with Gasteiger partial charge in [-0.25, -0.2) is 0 Å². The molecule has 1 aromatic carbocycles. The van der Waals surface area contributed by atoms with Gasteiger partial charge in [0, 0.05) is 6.04 Å². The Morgan fingerprint density at radius 1 is 1.17 bits per heavy atom. The second-order valence-electron chi connectivity index (χ2n) is 6.43. The van der Waals surface area contributed by atoms with Gasteiger partial charge in [0.2, 0.25) is 0 Å². The molecular weight excluding hydrogens is 288 g/mol. The predicted molar refractivity (Wildman–Crippen MR) is 92.9 cm³/mol. The van der Waals surface area contributed by atoms with Gasteiger partial charge in [-0.15, -0.1) is 0 Å². The number of rotatable bonds is 9. The number of hydrogen-bond donors (Lipinski definition) is 2. The molecule has 0 amide bonds. The van der Waals surface area contributed by atoms with Crippen molar-refractivity contribution in [2.75, 3.05) is 6.54 Å². The highest BCUT2D eigenvalue weighted by molar-refractivity contribution is 5.75. The summed E-state index contributed by atoms with van der Waals surface area (Å²) < 4.78 is 5.53. The second-order valence-corrected chi connectivity index (χ2v) is 6.43. The number of hydrogen-bond acceptors (Lipinski definition) is 4. The van der Waals surface area contributed by atoms with E-state index in [0.29, 0.717) is 19.2 Å². The van der Waals surface area contributed by atoms with Crippen LogP contribution in [0.4, 0.5) is 0 Å². The van der Waals surface area contributed by atoms with Crippen molar-refractivity contribution in [3.8, 4) is 0 Å². The summed E-state index contributed by atoms with van der Waals surface area (Å²) in [7, 11) is 0. The maximum Gasteiger partial charge on any atom is 0.323 e. The van der Waals surface area contributed by atoms with Crippen molar-refractivity contribution in [1.29, 1.82) is 0 Å². The molecule has 1 aromatic rings. The molecule has 23 heavy (non-hydrogen) atoms. The molecule has 0 spiro atoms. The normalized spacial score (nSPS) is 16.9. The molecule has 3 N–H and O–H groups in total. The highest BCUT2D eigenvalue weighted by Crippen LogP contribution is 2.19. The van der Waals surface area contributed by atoms with Crippen LogP contribution in [0.15, 0.2) is 30.3 Å². The van der Waals surface area contributed by atoms with E-state index < -0.39 is 0 Å². The minimum Gasteiger partial charge on any atom is -0.460 e. The Hall–Kier alpha value is -1.39. The molecule has 2 rings (SSSR count). The van der Waals surface area contributed by atoms with Gasteiger partial charge in [-0.2, -0.15) is 0 Å². The van der Waals surface area contributed by atoms with Crippen molar-refractivity contribution in [3.05, 3.63) is 35.9 Å². The van der Waals surface area contributed by atoms with Crippen LogP contribution in [0.3, 0.4) is 0 Å². The van der Waals surface area contributed by atoms with E-state index in [-0.39, 0.29) is 12.0 Å². The average molecular weight is 318 g/mol. The van der Waals surface area contributed by atoms with Gasteiger partial charge in [-0.1, -0.05) is 56.0 Å². The van der Waals surface area contributed by atoms with Crippen molar-refractivity contribution < 1.29 is 9.53 Å². The summed E-state index contributed by atoms with van der Waals surface area (Å²) in [4.78, 5) is 12.5. The minimum absolute atomic E-state index is 0.128. The van der Waals surface area contributed by atoms with Gasteiger partial charge in [0.05, 0.1) is 0 Å². The third-order valence-corrected chi connectivity index (χ3v) is 4.50. The lowest BCUT2D eigenvalue weighted by atomic mass is 9.94. The second kappa shape index (κ2) is 10.4. The summed E-state index contributed by atoms with van der Waals surface area (Å²) in [6.07, 6.45) is 8.88. The van der Waals surface area contributed by atoms with Gasteiger partial charge >= 0.3 is 5.97 Å². The lowest BCUT2D eigenvalue weighted by Gasteiger charge is -2.27. The van der Waals surface area contributed by atoms with Crippen molar-refractivity contribution in [2.24, 2.45) is 5.73 Å². The highest BCUT2D eigenvalue weighted by atomic mass is 16.5. The fraction of sp³-hybridized carbons (Fsp3) is 0.632. The van der Waals surface area contributed by atoms with Crippen LogP contribution in [-0.2, 0) is 16.1 Å². The van der Waals surface area contributed by atoms with Gasteiger partial charge in [0.25, 0.3) is 0 Å². The molecule has 0 aromatic heterocycles. The predicted octanol–water partition coefficient (Wildman–Crippen LogP) is 3.15. The Morgan fingerprint density at radius 3 is 2.61 bits per heavy atom. The zero-order valence-electron chi connectivity index (χ0n) is 14.0. The van der Waals surface area contributed by atoms with Crippen LogP contribution in [0.1, 0.15) is 56.9 Å². The molecule has 1 atom stereocenters. The van der Waals surface area contributed by atoms with E-state index >= 15 is 0 Å². The van der Waals surface area contributed by atoms with E-state index in [1.807, 2.05) is 30.3 Å².